The molecule has 0 aliphatic heterocycles. The molecule has 2 fully saturated rings. The lowest BCUT2D eigenvalue weighted by Crippen LogP contribution is -2.35. The monoisotopic (exact) mass is 212 g/mol. The van der Waals surface area contributed by atoms with Gasteiger partial charge in [-0.2, -0.15) is 0 Å². The summed E-state index contributed by atoms with van der Waals surface area (Å²) in [4.78, 5) is 11.6. The van der Waals surface area contributed by atoms with Gasteiger partial charge in [0, 0.05) is 7.11 Å². The molecule has 86 valence electrons. The largest absolute Gasteiger partial charge is 0.466 e. The molecule has 0 aromatic carbocycles. The van der Waals surface area contributed by atoms with E-state index < -0.39 is 0 Å². The van der Waals surface area contributed by atoms with Crippen LogP contribution in [-0.2, 0) is 14.3 Å². The summed E-state index contributed by atoms with van der Waals surface area (Å²) >= 11 is 0. The zero-order valence-electron chi connectivity index (χ0n) is 9.57. The first-order valence-electron chi connectivity index (χ1n) is 5.95. The molecule has 3 nitrogen and oxygen atoms in total. The van der Waals surface area contributed by atoms with E-state index in [1.54, 1.807) is 7.11 Å². The van der Waals surface area contributed by atoms with Crippen LogP contribution in [0.1, 0.15) is 32.6 Å². The number of ether oxygens (including phenoxy) is 2. The maximum absolute atomic E-state index is 11.6. The second-order valence-electron chi connectivity index (χ2n) is 4.72. The summed E-state index contributed by atoms with van der Waals surface area (Å²) in [5.41, 5.74) is 0. The molecule has 2 bridgehead atoms. The number of fused-ring (bicyclic) bond motifs is 2. The minimum Gasteiger partial charge on any atom is -0.466 e. The van der Waals surface area contributed by atoms with Gasteiger partial charge in [-0.1, -0.05) is 0 Å². The van der Waals surface area contributed by atoms with Crippen molar-refractivity contribution in [3.8, 4) is 0 Å². The van der Waals surface area contributed by atoms with E-state index in [9.17, 15) is 4.79 Å². The van der Waals surface area contributed by atoms with E-state index in [1.807, 2.05) is 6.92 Å². The highest BCUT2D eigenvalue weighted by Crippen LogP contribution is 2.46. The van der Waals surface area contributed by atoms with Crippen LogP contribution in [0.5, 0.6) is 0 Å². The first kappa shape index (κ1) is 10.9. The van der Waals surface area contributed by atoms with Crippen LogP contribution in [0.25, 0.3) is 0 Å². The summed E-state index contributed by atoms with van der Waals surface area (Å²) in [7, 11) is 1.79. The molecule has 2 aliphatic rings. The first-order valence-corrected chi connectivity index (χ1v) is 5.95. The highest BCUT2D eigenvalue weighted by molar-refractivity contribution is 5.72. The summed E-state index contributed by atoms with van der Waals surface area (Å²) in [5, 5.41) is 0. The van der Waals surface area contributed by atoms with Gasteiger partial charge in [-0.15, -0.1) is 0 Å². The molecule has 0 radical (unpaired) electrons. The van der Waals surface area contributed by atoms with Gasteiger partial charge >= 0.3 is 5.97 Å². The van der Waals surface area contributed by atoms with Gasteiger partial charge in [0.2, 0.25) is 0 Å². The molecule has 0 N–H and O–H groups in total. The van der Waals surface area contributed by atoms with Crippen LogP contribution in [0.2, 0.25) is 0 Å². The fraction of sp³-hybridized carbons (Fsp3) is 0.917. The Kier molecular flexibility index (Phi) is 3.29. The minimum atomic E-state index is 0.00366. The van der Waals surface area contributed by atoms with Gasteiger partial charge < -0.3 is 9.47 Å². The minimum absolute atomic E-state index is 0.00366. The lowest BCUT2D eigenvalue weighted by molar-refractivity contribution is -0.151. The summed E-state index contributed by atoms with van der Waals surface area (Å²) in [5.74, 6) is 1.31. The molecule has 15 heavy (non-hydrogen) atoms. The van der Waals surface area contributed by atoms with Crippen molar-refractivity contribution in [1.82, 2.24) is 0 Å². The van der Waals surface area contributed by atoms with Crippen LogP contribution in [0.15, 0.2) is 0 Å². The Hall–Kier alpha value is -0.570. The number of hydrogen-bond donors (Lipinski definition) is 0. The van der Waals surface area contributed by atoms with Gasteiger partial charge in [-0.3, -0.25) is 4.79 Å². The van der Waals surface area contributed by atoms with E-state index >= 15 is 0 Å². The number of methoxy groups -OCH3 is 1. The van der Waals surface area contributed by atoms with E-state index in [0.29, 0.717) is 24.5 Å². The van der Waals surface area contributed by atoms with E-state index in [-0.39, 0.29) is 11.9 Å². The lowest BCUT2D eigenvalue weighted by Gasteiger charge is -2.33. The molecule has 2 rings (SSSR count). The second-order valence-corrected chi connectivity index (χ2v) is 4.72. The van der Waals surface area contributed by atoms with Gasteiger partial charge in [0.05, 0.1) is 18.6 Å². The Morgan fingerprint density at radius 2 is 1.87 bits per heavy atom. The topological polar surface area (TPSA) is 35.5 Å². The van der Waals surface area contributed by atoms with Gasteiger partial charge in [0.1, 0.15) is 0 Å². The molecular formula is C12H20O3. The van der Waals surface area contributed by atoms with Gasteiger partial charge in [-0.25, -0.2) is 0 Å². The average molecular weight is 212 g/mol. The number of rotatable bonds is 3. The van der Waals surface area contributed by atoms with Crippen LogP contribution >= 0.6 is 0 Å². The fourth-order valence-corrected chi connectivity index (χ4v) is 3.31. The van der Waals surface area contributed by atoms with Crippen molar-refractivity contribution < 1.29 is 14.3 Å². The van der Waals surface area contributed by atoms with Crippen LogP contribution in [-0.4, -0.2) is 25.8 Å². The van der Waals surface area contributed by atoms with Crippen molar-refractivity contribution in [2.45, 2.75) is 38.7 Å². The molecule has 0 amide bonds. The quantitative estimate of drug-likeness (QED) is 0.671. The molecule has 0 heterocycles. The molecule has 0 aromatic rings. The van der Waals surface area contributed by atoms with Crippen LogP contribution in [0, 0.1) is 17.8 Å². The van der Waals surface area contributed by atoms with Crippen LogP contribution < -0.4 is 0 Å². The van der Waals surface area contributed by atoms with Crippen molar-refractivity contribution in [3.63, 3.8) is 0 Å². The first-order chi connectivity index (χ1) is 7.26. The lowest BCUT2D eigenvalue weighted by atomic mass is 9.79. The third kappa shape index (κ3) is 2.03. The molecule has 3 heteroatoms. The molecule has 0 aromatic heterocycles. The Morgan fingerprint density at radius 1 is 1.27 bits per heavy atom. The van der Waals surface area contributed by atoms with E-state index in [0.717, 1.165) is 12.8 Å². The zero-order valence-corrected chi connectivity index (χ0v) is 9.57. The number of carbonyl (C=O) groups excluding carboxylic acids is 1. The standard InChI is InChI=1S/C12H20O3/c1-3-15-12(13)10-6-8-4-5-9(7-10)11(8)14-2/h8-11H,3-7H2,1-2H3/t8-,9+,10?,11?. The van der Waals surface area contributed by atoms with E-state index in [2.05, 4.69) is 0 Å². The Morgan fingerprint density at radius 3 is 2.33 bits per heavy atom. The van der Waals surface area contributed by atoms with Crippen LogP contribution in [0.3, 0.4) is 0 Å². The fourth-order valence-electron chi connectivity index (χ4n) is 3.31. The molecule has 2 unspecified atom stereocenters. The SMILES string of the molecule is CCOC(=O)C1C[C@H]2CC[C@@H](C1)C2OC. The van der Waals surface area contributed by atoms with Gasteiger partial charge in [0.25, 0.3) is 0 Å². The predicted molar refractivity (Wildman–Crippen MR) is 56.4 cm³/mol. The number of hydrogen-bond acceptors (Lipinski definition) is 3. The third-order valence-corrected chi connectivity index (χ3v) is 3.90. The molecule has 4 atom stereocenters. The number of esters is 1. The van der Waals surface area contributed by atoms with Crippen molar-refractivity contribution in [3.05, 3.63) is 0 Å². The summed E-state index contributed by atoms with van der Waals surface area (Å²) in [6.45, 7) is 2.37. The highest BCUT2D eigenvalue weighted by Gasteiger charge is 2.45. The van der Waals surface area contributed by atoms with Crippen LogP contribution in [0.4, 0.5) is 0 Å². The predicted octanol–water partition coefficient (Wildman–Crippen LogP) is 2.00. The van der Waals surface area contributed by atoms with Gasteiger partial charge in [-0.05, 0) is 44.4 Å². The van der Waals surface area contributed by atoms with Crippen molar-refractivity contribution in [2.24, 2.45) is 17.8 Å². The Bertz CT molecular complexity index is 225. The summed E-state index contributed by atoms with van der Waals surface area (Å²) < 4.78 is 10.6. The second kappa shape index (κ2) is 4.52. The maximum atomic E-state index is 11.6. The van der Waals surface area contributed by atoms with E-state index in [1.165, 1.54) is 12.8 Å². The van der Waals surface area contributed by atoms with Gasteiger partial charge in [0.15, 0.2) is 0 Å². The highest BCUT2D eigenvalue weighted by atomic mass is 16.5. The molecule has 0 spiro atoms. The van der Waals surface area contributed by atoms with E-state index in [4.69, 9.17) is 9.47 Å². The number of carbonyl (C=O) groups is 1. The Balaban J connectivity index is 1.96. The smallest absolute Gasteiger partial charge is 0.308 e. The Labute approximate surface area is 91.1 Å². The third-order valence-electron chi connectivity index (χ3n) is 3.90. The molecule has 2 aliphatic carbocycles. The van der Waals surface area contributed by atoms with Crippen molar-refractivity contribution >= 4 is 5.97 Å². The molecule has 0 saturated heterocycles. The summed E-state index contributed by atoms with van der Waals surface area (Å²) in [6.07, 6.45) is 4.77. The van der Waals surface area contributed by atoms with Crippen molar-refractivity contribution in [1.29, 1.82) is 0 Å². The molecular weight excluding hydrogens is 192 g/mol. The average Bonchev–Trinajstić information content (AvgIpc) is 2.47. The van der Waals surface area contributed by atoms with Crippen molar-refractivity contribution in [2.75, 3.05) is 13.7 Å². The maximum Gasteiger partial charge on any atom is 0.308 e. The zero-order chi connectivity index (χ0) is 10.8. The molecule has 2 saturated carbocycles. The normalized spacial score (nSPS) is 39.1. The summed E-state index contributed by atoms with van der Waals surface area (Å²) in [6, 6.07) is 0.